The second-order valence-corrected chi connectivity index (χ2v) is 5.36. The van der Waals surface area contributed by atoms with Crippen molar-refractivity contribution in [1.29, 1.82) is 0 Å². The van der Waals surface area contributed by atoms with Crippen molar-refractivity contribution in [3.05, 3.63) is 46.2 Å². The van der Waals surface area contributed by atoms with Gasteiger partial charge in [0.05, 0.1) is 6.04 Å². The highest BCUT2D eigenvalue weighted by Gasteiger charge is 2.31. The summed E-state index contributed by atoms with van der Waals surface area (Å²) in [5, 5.41) is 5.17. The lowest BCUT2D eigenvalue weighted by Crippen LogP contribution is -2.17. The number of thiophene rings is 1. The van der Waals surface area contributed by atoms with E-state index in [1.165, 1.54) is 18.2 Å². The Balaban J connectivity index is 2.10. The quantitative estimate of drug-likeness (QED) is 0.845. The van der Waals surface area contributed by atoms with Crippen LogP contribution >= 0.6 is 11.3 Å². The van der Waals surface area contributed by atoms with E-state index in [0.717, 1.165) is 10.4 Å². The van der Waals surface area contributed by atoms with Crippen LogP contribution < -0.4 is 10.1 Å². The van der Waals surface area contributed by atoms with Gasteiger partial charge in [-0.3, -0.25) is 0 Å². The van der Waals surface area contributed by atoms with Crippen molar-refractivity contribution in [1.82, 2.24) is 0 Å². The van der Waals surface area contributed by atoms with Crippen molar-refractivity contribution in [3.63, 3.8) is 0 Å². The first-order valence-electron chi connectivity index (χ1n) is 6.01. The maximum absolute atomic E-state index is 12.2. The van der Waals surface area contributed by atoms with Gasteiger partial charge in [-0.25, -0.2) is 0 Å². The number of rotatable bonds is 4. The van der Waals surface area contributed by atoms with Crippen LogP contribution in [0.3, 0.4) is 0 Å². The van der Waals surface area contributed by atoms with Crippen LogP contribution in [0.25, 0.3) is 0 Å². The summed E-state index contributed by atoms with van der Waals surface area (Å²) in [6.45, 7) is 3.98. The number of hydrogen-bond donors (Lipinski definition) is 1. The molecule has 0 aliphatic carbocycles. The highest BCUT2D eigenvalue weighted by molar-refractivity contribution is 7.10. The summed E-state index contributed by atoms with van der Waals surface area (Å²) in [5.74, 6) is -0.224. The standard InChI is InChI=1S/C14H14F3NOS/c1-9-6-7-20-13(9)10(2)18-11-4-3-5-12(8-11)19-14(15,16)17/h3-8,10,18H,1-2H3. The van der Waals surface area contributed by atoms with E-state index in [-0.39, 0.29) is 11.8 Å². The zero-order valence-electron chi connectivity index (χ0n) is 11.0. The van der Waals surface area contributed by atoms with Gasteiger partial charge in [-0.1, -0.05) is 6.07 Å². The molecule has 1 aromatic heterocycles. The lowest BCUT2D eigenvalue weighted by Gasteiger charge is -2.16. The molecular weight excluding hydrogens is 287 g/mol. The lowest BCUT2D eigenvalue weighted by atomic mass is 10.2. The molecule has 0 amide bonds. The number of nitrogens with one attached hydrogen (secondary N) is 1. The number of alkyl halides is 3. The van der Waals surface area contributed by atoms with E-state index in [9.17, 15) is 13.2 Å². The molecule has 0 spiro atoms. The minimum atomic E-state index is -4.67. The van der Waals surface area contributed by atoms with Gasteiger partial charge in [-0.15, -0.1) is 24.5 Å². The van der Waals surface area contributed by atoms with Crippen molar-refractivity contribution in [3.8, 4) is 5.75 Å². The fourth-order valence-electron chi connectivity index (χ4n) is 1.93. The van der Waals surface area contributed by atoms with Crippen molar-refractivity contribution in [2.75, 3.05) is 5.32 Å². The Morgan fingerprint density at radius 2 is 2.00 bits per heavy atom. The van der Waals surface area contributed by atoms with E-state index in [0.29, 0.717) is 5.69 Å². The predicted octanol–water partition coefficient (Wildman–Crippen LogP) is 5.13. The second-order valence-electron chi connectivity index (χ2n) is 4.41. The Morgan fingerprint density at radius 1 is 1.25 bits per heavy atom. The van der Waals surface area contributed by atoms with Crippen LogP contribution in [0.1, 0.15) is 23.4 Å². The number of benzene rings is 1. The topological polar surface area (TPSA) is 21.3 Å². The summed E-state index contributed by atoms with van der Waals surface area (Å²) in [5.41, 5.74) is 1.75. The van der Waals surface area contributed by atoms with E-state index < -0.39 is 6.36 Å². The Labute approximate surface area is 119 Å². The summed E-state index contributed by atoms with van der Waals surface area (Å²) in [4.78, 5) is 1.16. The lowest BCUT2D eigenvalue weighted by molar-refractivity contribution is -0.274. The number of hydrogen-bond acceptors (Lipinski definition) is 3. The molecule has 6 heteroatoms. The van der Waals surface area contributed by atoms with Gasteiger partial charge < -0.3 is 10.1 Å². The molecule has 0 saturated heterocycles. The van der Waals surface area contributed by atoms with Gasteiger partial charge in [0.25, 0.3) is 0 Å². The maximum Gasteiger partial charge on any atom is 0.573 e. The van der Waals surface area contributed by atoms with Crippen LogP contribution in [-0.4, -0.2) is 6.36 Å². The summed E-state index contributed by atoms with van der Waals surface area (Å²) < 4.78 is 40.4. The van der Waals surface area contributed by atoms with Gasteiger partial charge >= 0.3 is 6.36 Å². The van der Waals surface area contributed by atoms with E-state index in [1.54, 1.807) is 17.4 Å². The first kappa shape index (κ1) is 14.7. The molecule has 0 fully saturated rings. The molecule has 1 aromatic carbocycles. The minimum absolute atomic E-state index is 0.0242. The summed E-state index contributed by atoms with van der Waals surface area (Å²) in [6, 6.07) is 7.89. The molecule has 0 aliphatic heterocycles. The van der Waals surface area contributed by atoms with Crippen LogP contribution in [0.5, 0.6) is 5.75 Å². The largest absolute Gasteiger partial charge is 0.573 e. The highest BCUT2D eigenvalue weighted by atomic mass is 32.1. The van der Waals surface area contributed by atoms with Crippen molar-refractivity contribution in [2.45, 2.75) is 26.3 Å². The summed E-state index contributed by atoms with van der Waals surface area (Å²) >= 11 is 1.62. The molecule has 0 radical (unpaired) electrons. The average molecular weight is 301 g/mol. The van der Waals surface area contributed by atoms with Crippen LogP contribution in [0.2, 0.25) is 0 Å². The molecule has 1 N–H and O–H groups in total. The molecule has 0 saturated carbocycles. The summed E-state index contributed by atoms with van der Waals surface area (Å²) in [6.07, 6.45) is -4.67. The third kappa shape index (κ3) is 3.90. The number of ether oxygens (including phenoxy) is 1. The van der Waals surface area contributed by atoms with E-state index in [4.69, 9.17) is 0 Å². The van der Waals surface area contributed by atoms with Gasteiger partial charge in [0.1, 0.15) is 5.75 Å². The van der Waals surface area contributed by atoms with Crippen molar-refractivity contribution >= 4 is 17.0 Å². The zero-order chi connectivity index (χ0) is 14.8. The molecule has 108 valence electrons. The van der Waals surface area contributed by atoms with E-state index in [2.05, 4.69) is 10.1 Å². The monoisotopic (exact) mass is 301 g/mol. The first-order chi connectivity index (χ1) is 9.35. The molecule has 2 rings (SSSR count). The van der Waals surface area contributed by atoms with Crippen LogP contribution in [-0.2, 0) is 0 Å². The van der Waals surface area contributed by atoms with Gasteiger partial charge in [0.2, 0.25) is 0 Å². The van der Waals surface area contributed by atoms with Gasteiger partial charge in [0, 0.05) is 16.6 Å². The normalized spacial score (nSPS) is 13.1. The van der Waals surface area contributed by atoms with E-state index >= 15 is 0 Å². The average Bonchev–Trinajstić information content (AvgIpc) is 2.73. The maximum atomic E-state index is 12.2. The smallest absolute Gasteiger partial charge is 0.406 e. The fourth-order valence-corrected chi connectivity index (χ4v) is 2.86. The summed E-state index contributed by atoms with van der Waals surface area (Å²) in [7, 11) is 0. The van der Waals surface area contributed by atoms with Gasteiger partial charge in [-0.2, -0.15) is 0 Å². The van der Waals surface area contributed by atoms with Crippen LogP contribution in [0, 0.1) is 6.92 Å². The Kier molecular flexibility index (Phi) is 4.23. The Hall–Kier alpha value is -1.69. The van der Waals surface area contributed by atoms with Gasteiger partial charge in [0.15, 0.2) is 0 Å². The number of aryl methyl sites for hydroxylation is 1. The predicted molar refractivity (Wildman–Crippen MR) is 74.2 cm³/mol. The fraction of sp³-hybridized carbons (Fsp3) is 0.286. The third-order valence-electron chi connectivity index (χ3n) is 2.75. The number of anilines is 1. The molecule has 1 heterocycles. The molecule has 20 heavy (non-hydrogen) atoms. The van der Waals surface area contributed by atoms with Crippen molar-refractivity contribution in [2.24, 2.45) is 0 Å². The number of halogens is 3. The molecule has 1 atom stereocenters. The van der Waals surface area contributed by atoms with Crippen molar-refractivity contribution < 1.29 is 17.9 Å². The Bertz CT molecular complexity index is 580. The van der Waals surface area contributed by atoms with E-state index in [1.807, 2.05) is 25.3 Å². The van der Waals surface area contributed by atoms with Crippen LogP contribution in [0.15, 0.2) is 35.7 Å². The molecule has 0 aliphatic rings. The molecule has 2 aromatic rings. The molecule has 2 nitrogen and oxygen atoms in total. The Morgan fingerprint density at radius 3 is 2.60 bits per heavy atom. The highest BCUT2D eigenvalue weighted by Crippen LogP contribution is 2.29. The third-order valence-corrected chi connectivity index (χ3v) is 3.95. The molecule has 0 bridgehead atoms. The van der Waals surface area contributed by atoms with Crippen LogP contribution in [0.4, 0.5) is 18.9 Å². The second kappa shape index (κ2) is 5.75. The van der Waals surface area contributed by atoms with Gasteiger partial charge in [-0.05, 0) is 43.0 Å². The zero-order valence-corrected chi connectivity index (χ0v) is 11.8. The minimum Gasteiger partial charge on any atom is -0.406 e. The molecule has 1 unspecified atom stereocenters. The first-order valence-corrected chi connectivity index (χ1v) is 6.89. The SMILES string of the molecule is Cc1ccsc1C(C)Nc1cccc(OC(F)(F)F)c1. The molecular formula is C14H14F3NOS.